The first-order valence-electron chi connectivity index (χ1n) is 7.57. The second-order valence-electron chi connectivity index (χ2n) is 5.32. The summed E-state index contributed by atoms with van der Waals surface area (Å²) < 4.78 is 11.0. The van der Waals surface area contributed by atoms with Gasteiger partial charge in [0.1, 0.15) is 0 Å². The number of hydrogen-bond donors (Lipinski definition) is 1. The molecule has 0 saturated heterocycles. The van der Waals surface area contributed by atoms with Crippen molar-refractivity contribution in [3.05, 3.63) is 54.2 Å². The van der Waals surface area contributed by atoms with Gasteiger partial charge in [0.25, 0.3) is 0 Å². The molecular weight excluding hydrogens is 288 g/mol. The van der Waals surface area contributed by atoms with Crippen molar-refractivity contribution in [1.82, 2.24) is 4.98 Å². The zero-order valence-electron chi connectivity index (χ0n) is 13.4. The average molecular weight is 308 g/mol. The SMILES string of the molecule is COc1cc(-c2ccc3ncccc3c2)cc(CCN)c1OC. The molecule has 4 nitrogen and oxygen atoms in total. The summed E-state index contributed by atoms with van der Waals surface area (Å²) in [5.74, 6) is 1.48. The second-order valence-corrected chi connectivity index (χ2v) is 5.32. The highest BCUT2D eigenvalue weighted by Gasteiger charge is 2.13. The van der Waals surface area contributed by atoms with Crippen LogP contribution in [0.4, 0.5) is 0 Å². The minimum atomic E-state index is 0.560. The second kappa shape index (κ2) is 6.67. The molecule has 23 heavy (non-hydrogen) atoms. The van der Waals surface area contributed by atoms with Crippen molar-refractivity contribution >= 4 is 10.9 Å². The number of rotatable bonds is 5. The van der Waals surface area contributed by atoms with Gasteiger partial charge in [-0.05, 0) is 60.0 Å². The molecule has 0 saturated carbocycles. The summed E-state index contributed by atoms with van der Waals surface area (Å²) in [7, 11) is 3.30. The van der Waals surface area contributed by atoms with Crippen molar-refractivity contribution in [3.8, 4) is 22.6 Å². The van der Waals surface area contributed by atoms with E-state index in [2.05, 4.69) is 29.2 Å². The highest BCUT2D eigenvalue weighted by Crippen LogP contribution is 2.37. The molecule has 1 aromatic heterocycles. The number of methoxy groups -OCH3 is 2. The van der Waals surface area contributed by atoms with Gasteiger partial charge in [-0.1, -0.05) is 12.1 Å². The van der Waals surface area contributed by atoms with E-state index in [0.29, 0.717) is 6.54 Å². The minimum Gasteiger partial charge on any atom is -0.493 e. The quantitative estimate of drug-likeness (QED) is 0.784. The fourth-order valence-corrected chi connectivity index (χ4v) is 2.81. The Hall–Kier alpha value is -2.59. The lowest BCUT2D eigenvalue weighted by atomic mass is 9.98. The zero-order valence-corrected chi connectivity index (χ0v) is 13.4. The maximum absolute atomic E-state index is 5.73. The van der Waals surface area contributed by atoms with E-state index < -0.39 is 0 Å². The number of nitrogens with two attached hydrogens (primary N) is 1. The maximum Gasteiger partial charge on any atom is 0.163 e. The predicted octanol–water partition coefficient (Wildman–Crippen LogP) is 3.42. The van der Waals surface area contributed by atoms with Gasteiger partial charge in [-0.3, -0.25) is 4.98 Å². The number of fused-ring (bicyclic) bond motifs is 1. The van der Waals surface area contributed by atoms with Gasteiger partial charge in [0, 0.05) is 11.6 Å². The van der Waals surface area contributed by atoms with E-state index in [9.17, 15) is 0 Å². The number of ether oxygens (including phenoxy) is 2. The van der Waals surface area contributed by atoms with Gasteiger partial charge in [-0.15, -0.1) is 0 Å². The summed E-state index contributed by atoms with van der Waals surface area (Å²) in [6.07, 6.45) is 2.54. The van der Waals surface area contributed by atoms with Crippen LogP contribution in [0.1, 0.15) is 5.56 Å². The molecule has 3 aromatic rings. The molecule has 0 radical (unpaired) electrons. The summed E-state index contributed by atoms with van der Waals surface area (Å²) in [4.78, 5) is 4.36. The van der Waals surface area contributed by atoms with Crippen molar-refractivity contribution in [2.75, 3.05) is 20.8 Å². The van der Waals surface area contributed by atoms with Gasteiger partial charge in [-0.2, -0.15) is 0 Å². The summed E-state index contributed by atoms with van der Waals surface area (Å²) in [6.45, 7) is 0.560. The van der Waals surface area contributed by atoms with Gasteiger partial charge in [0.15, 0.2) is 11.5 Å². The van der Waals surface area contributed by atoms with Crippen LogP contribution in [0.3, 0.4) is 0 Å². The summed E-state index contributed by atoms with van der Waals surface area (Å²) in [6, 6.07) is 14.4. The number of nitrogens with zero attached hydrogens (tertiary/aromatic N) is 1. The molecule has 0 amide bonds. The molecule has 118 valence electrons. The highest BCUT2D eigenvalue weighted by molar-refractivity contribution is 5.85. The Morgan fingerprint density at radius 1 is 1.00 bits per heavy atom. The topological polar surface area (TPSA) is 57.4 Å². The lowest BCUT2D eigenvalue weighted by Crippen LogP contribution is -2.05. The van der Waals surface area contributed by atoms with Crippen molar-refractivity contribution in [2.45, 2.75) is 6.42 Å². The van der Waals surface area contributed by atoms with Crippen LogP contribution < -0.4 is 15.2 Å². The number of hydrogen-bond acceptors (Lipinski definition) is 4. The lowest BCUT2D eigenvalue weighted by Gasteiger charge is -2.15. The van der Waals surface area contributed by atoms with Crippen molar-refractivity contribution in [1.29, 1.82) is 0 Å². The van der Waals surface area contributed by atoms with Gasteiger partial charge in [0.05, 0.1) is 19.7 Å². The van der Waals surface area contributed by atoms with E-state index >= 15 is 0 Å². The third-order valence-corrected chi connectivity index (χ3v) is 3.91. The van der Waals surface area contributed by atoms with E-state index in [-0.39, 0.29) is 0 Å². The van der Waals surface area contributed by atoms with Crippen LogP contribution in [0.25, 0.3) is 22.0 Å². The van der Waals surface area contributed by atoms with Gasteiger partial charge in [0.2, 0.25) is 0 Å². The lowest BCUT2D eigenvalue weighted by molar-refractivity contribution is 0.352. The summed E-state index contributed by atoms with van der Waals surface area (Å²) in [5, 5.41) is 1.11. The Balaban J connectivity index is 2.15. The standard InChI is InChI=1S/C19H20N2O2/c1-22-18-12-16(11-15(7-8-20)19(18)23-2)13-5-6-17-14(10-13)4-3-9-21-17/h3-6,9-12H,7-8,20H2,1-2H3. The van der Waals surface area contributed by atoms with Crippen LogP contribution in [0.5, 0.6) is 11.5 Å². The van der Waals surface area contributed by atoms with Crippen LogP contribution in [0.15, 0.2) is 48.7 Å². The van der Waals surface area contributed by atoms with Crippen molar-refractivity contribution in [2.24, 2.45) is 5.73 Å². The first-order valence-corrected chi connectivity index (χ1v) is 7.57. The van der Waals surface area contributed by atoms with Gasteiger partial charge in [-0.25, -0.2) is 0 Å². The summed E-state index contributed by atoms with van der Waals surface area (Å²) >= 11 is 0. The molecule has 0 spiro atoms. The first kappa shape index (κ1) is 15.3. The molecule has 0 aliphatic heterocycles. The zero-order chi connectivity index (χ0) is 16.2. The largest absolute Gasteiger partial charge is 0.493 e. The van der Waals surface area contributed by atoms with Crippen LogP contribution in [0.2, 0.25) is 0 Å². The molecular formula is C19H20N2O2. The molecule has 0 fully saturated rings. The molecule has 0 unspecified atom stereocenters. The number of aromatic nitrogens is 1. The third kappa shape index (κ3) is 2.98. The Kier molecular flexibility index (Phi) is 4.44. The molecule has 3 rings (SSSR count). The molecule has 2 aromatic carbocycles. The molecule has 0 atom stereocenters. The minimum absolute atomic E-state index is 0.560. The normalized spacial score (nSPS) is 10.7. The predicted molar refractivity (Wildman–Crippen MR) is 93.0 cm³/mol. The maximum atomic E-state index is 5.73. The Morgan fingerprint density at radius 3 is 2.61 bits per heavy atom. The van der Waals surface area contributed by atoms with Gasteiger partial charge >= 0.3 is 0 Å². The molecule has 0 aliphatic carbocycles. The fourth-order valence-electron chi connectivity index (χ4n) is 2.81. The average Bonchev–Trinajstić information content (AvgIpc) is 2.60. The monoisotopic (exact) mass is 308 g/mol. The van der Waals surface area contributed by atoms with E-state index in [1.165, 1.54) is 0 Å². The van der Waals surface area contributed by atoms with E-state index in [0.717, 1.165) is 45.5 Å². The van der Waals surface area contributed by atoms with Crippen molar-refractivity contribution < 1.29 is 9.47 Å². The molecule has 4 heteroatoms. The molecule has 1 heterocycles. The first-order chi connectivity index (χ1) is 11.3. The molecule has 0 bridgehead atoms. The van der Waals surface area contributed by atoms with E-state index in [1.807, 2.05) is 18.2 Å². The van der Waals surface area contributed by atoms with Crippen LogP contribution >= 0.6 is 0 Å². The summed E-state index contributed by atoms with van der Waals surface area (Å²) in [5.41, 5.74) is 9.97. The van der Waals surface area contributed by atoms with Gasteiger partial charge < -0.3 is 15.2 Å². The third-order valence-electron chi connectivity index (χ3n) is 3.91. The Morgan fingerprint density at radius 2 is 1.87 bits per heavy atom. The molecule has 2 N–H and O–H groups in total. The highest BCUT2D eigenvalue weighted by atomic mass is 16.5. The van der Waals surface area contributed by atoms with Crippen LogP contribution in [-0.4, -0.2) is 25.7 Å². The van der Waals surface area contributed by atoms with Crippen LogP contribution in [-0.2, 0) is 6.42 Å². The van der Waals surface area contributed by atoms with Crippen molar-refractivity contribution in [3.63, 3.8) is 0 Å². The Labute approximate surface area is 135 Å². The van der Waals surface area contributed by atoms with E-state index in [1.54, 1.807) is 20.4 Å². The Bertz CT molecular complexity index is 831. The number of pyridine rings is 1. The number of benzene rings is 2. The fraction of sp³-hybridized carbons (Fsp3) is 0.211. The van der Waals surface area contributed by atoms with E-state index in [4.69, 9.17) is 15.2 Å². The van der Waals surface area contributed by atoms with Crippen LogP contribution in [0, 0.1) is 0 Å². The molecule has 0 aliphatic rings. The smallest absolute Gasteiger partial charge is 0.163 e.